The van der Waals surface area contributed by atoms with Crippen molar-refractivity contribution in [2.45, 2.75) is 64.1 Å². The SMILES string of the molecule is CCCN1C2CCCC1(NC(=O)c1cc(Cl)c(NC(C)=O)cc1OC)CC2. The van der Waals surface area contributed by atoms with Crippen LogP contribution in [0, 0.1) is 0 Å². The molecule has 27 heavy (non-hydrogen) atoms. The van der Waals surface area contributed by atoms with Gasteiger partial charge in [0.25, 0.3) is 5.91 Å². The van der Waals surface area contributed by atoms with E-state index in [9.17, 15) is 9.59 Å². The molecule has 6 nitrogen and oxygen atoms in total. The van der Waals surface area contributed by atoms with Gasteiger partial charge in [-0.25, -0.2) is 0 Å². The van der Waals surface area contributed by atoms with Gasteiger partial charge < -0.3 is 15.4 Å². The third-order valence-electron chi connectivity index (χ3n) is 5.66. The van der Waals surface area contributed by atoms with Gasteiger partial charge in [-0.05, 0) is 44.6 Å². The molecule has 2 unspecified atom stereocenters. The van der Waals surface area contributed by atoms with Gasteiger partial charge in [-0.3, -0.25) is 14.5 Å². The Morgan fingerprint density at radius 3 is 2.78 bits per heavy atom. The minimum atomic E-state index is -0.274. The Balaban J connectivity index is 1.87. The summed E-state index contributed by atoms with van der Waals surface area (Å²) < 4.78 is 5.40. The van der Waals surface area contributed by atoms with Gasteiger partial charge in [0, 0.05) is 25.6 Å². The minimum absolute atomic E-state index is 0.188. The number of halogens is 1. The number of hydrogen-bond donors (Lipinski definition) is 2. The molecule has 2 saturated heterocycles. The maximum atomic E-state index is 13.1. The first kappa shape index (κ1) is 20.0. The van der Waals surface area contributed by atoms with Crippen molar-refractivity contribution in [2.75, 3.05) is 19.0 Å². The third-order valence-corrected chi connectivity index (χ3v) is 5.98. The molecule has 2 heterocycles. The number of benzene rings is 1. The molecule has 2 bridgehead atoms. The number of hydrogen-bond acceptors (Lipinski definition) is 4. The van der Waals surface area contributed by atoms with E-state index in [0.29, 0.717) is 28.1 Å². The van der Waals surface area contributed by atoms with E-state index in [2.05, 4.69) is 22.5 Å². The van der Waals surface area contributed by atoms with Crippen LogP contribution in [-0.2, 0) is 4.79 Å². The van der Waals surface area contributed by atoms with Crippen molar-refractivity contribution >= 4 is 29.1 Å². The molecule has 2 aliphatic rings. The number of ether oxygens (including phenoxy) is 1. The third kappa shape index (κ3) is 3.92. The smallest absolute Gasteiger partial charge is 0.256 e. The van der Waals surface area contributed by atoms with Gasteiger partial charge in [0.15, 0.2) is 0 Å². The molecular weight excluding hydrogens is 366 g/mol. The molecule has 2 atom stereocenters. The molecule has 0 aliphatic carbocycles. The van der Waals surface area contributed by atoms with Crippen LogP contribution in [0.1, 0.15) is 62.7 Å². The normalized spacial score (nSPS) is 24.5. The standard InChI is InChI=1S/C20H28ClN3O3/c1-4-10-24-14-6-5-8-20(24,9-7-14)23-19(26)15-11-16(21)17(22-13(2)25)12-18(15)27-3/h11-12,14H,4-10H2,1-3H3,(H,22,25)(H,23,26). The average molecular weight is 394 g/mol. The number of nitrogens with zero attached hydrogens (tertiary/aromatic N) is 1. The summed E-state index contributed by atoms with van der Waals surface area (Å²) in [6.07, 6.45) is 6.47. The van der Waals surface area contributed by atoms with Gasteiger partial charge in [-0.15, -0.1) is 0 Å². The van der Waals surface area contributed by atoms with E-state index in [1.807, 2.05) is 0 Å². The van der Waals surface area contributed by atoms with E-state index in [4.69, 9.17) is 16.3 Å². The quantitative estimate of drug-likeness (QED) is 0.771. The van der Waals surface area contributed by atoms with Gasteiger partial charge in [-0.2, -0.15) is 0 Å². The Bertz CT molecular complexity index is 735. The molecule has 0 spiro atoms. The minimum Gasteiger partial charge on any atom is -0.496 e. The number of methoxy groups -OCH3 is 1. The van der Waals surface area contributed by atoms with Crippen molar-refractivity contribution in [3.8, 4) is 5.75 Å². The van der Waals surface area contributed by atoms with Gasteiger partial charge in [0.05, 0.1) is 29.0 Å². The summed E-state index contributed by atoms with van der Waals surface area (Å²) >= 11 is 6.28. The number of anilines is 1. The second kappa shape index (κ2) is 8.07. The lowest BCUT2D eigenvalue weighted by atomic mass is 9.95. The summed E-state index contributed by atoms with van der Waals surface area (Å²) in [5.74, 6) is -0.0271. The Hall–Kier alpha value is -1.79. The first-order valence-corrected chi connectivity index (χ1v) is 10.0. The molecule has 0 radical (unpaired) electrons. The topological polar surface area (TPSA) is 70.7 Å². The van der Waals surface area contributed by atoms with E-state index in [1.165, 1.54) is 20.5 Å². The monoisotopic (exact) mass is 393 g/mol. The summed E-state index contributed by atoms with van der Waals surface area (Å²) in [5, 5.41) is 6.26. The van der Waals surface area contributed by atoms with Crippen LogP contribution in [0.4, 0.5) is 5.69 Å². The lowest BCUT2D eigenvalue weighted by molar-refractivity contribution is -0.114. The maximum Gasteiger partial charge on any atom is 0.256 e. The largest absolute Gasteiger partial charge is 0.496 e. The van der Waals surface area contributed by atoms with E-state index in [0.717, 1.165) is 38.6 Å². The Labute approximate surface area is 165 Å². The first-order chi connectivity index (χ1) is 12.9. The van der Waals surface area contributed by atoms with Gasteiger partial charge in [0.2, 0.25) is 5.91 Å². The molecule has 2 fully saturated rings. The fourth-order valence-corrected chi connectivity index (χ4v) is 4.76. The highest BCUT2D eigenvalue weighted by atomic mass is 35.5. The van der Waals surface area contributed by atoms with Crippen molar-refractivity contribution in [2.24, 2.45) is 0 Å². The molecular formula is C20H28ClN3O3. The van der Waals surface area contributed by atoms with Crippen molar-refractivity contribution < 1.29 is 14.3 Å². The predicted octanol–water partition coefficient (Wildman–Crippen LogP) is 3.79. The molecule has 0 aromatic heterocycles. The zero-order valence-electron chi connectivity index (χ0n) is 16.2. The van der Waals surface area contributed by atoms with Crippen LogP contribution in [0.15, 0.2) is 12.1 Å². The molecule has 7 heteroatoms. The van der Waals surface area contributed by atoms with Crippen LogP contribution >= 0.6 is 11.6 Å². The van der Waals surface area contributed by atoms with Crippen molar-refractivity contribution in [3.63, 3.8) is 0 Å². The summed E-state index contributed by atoms with van der Waals surface area (Å²) in [6.45, 7) is 4.57. The molecule has 2 N–H and O–H groups in total. The molecule has 3 rings (SSSR count). The van der Waals surface area contributed by atoms with Crippen molar-refractivity contribution in [1.82, 2.24) is 10.2 Å². The van der Waals surface area contributed by atoms with E-state index < -0.39 is 0 Å². The van der Waals surface area contributed by atoms with Crippen LogP contribution in [-0.4, -0.2) is 42.1 Å². The summed E-state index contributed by atoms with van der Waals surface area (Å²) in [7, 11) is 1.51. The molecule has 2 aliphatic heterocycles. The highest BCUT2D eigenvalue weighted by Gasteiger charge is 2.49. The van der Waals surface area contributed by atoms with Crippen molar-refractivity contribution in [3.05, 3.63) is 22.7 Å². The maximum absolute atomic E-state index is 13.1. The van der Waals surface area contributed by atoms with Crippen LogP contribution < -0.4 is 15.4 Å². The summed E-state index contributed by atoms with van der Waals surface area (Å²) in [6, 6.07) is 3.72. The zero-order valence-corrected chi connectivity index (χ0v) is 17.0. The van der Waals surface area contributed by atoms with Gasteiger partial charge in [0.1, 0.15) is 5.75 Å². The van der Waals surface area contributed by atoms with Gasteiger partial charge >= 0.3 is 0 Å². The highest BCUT2D eigenvalue weighted by molar-refractivity contribution is 6.34. The molecule has 1 aromatic carbocycles. The van der Waals surface area contributed by atoms with Crippen LogP contribution in [0.25, 0.3) is 0 Å². The second-order valence-corrected chi connectivity index (χ2v) is 7.88. The predicted molar refractivity (Wildman–Crippen MR) is 106 cm³/mol. The number of nitrogens with one attached hydrogen (secondary N) is 2. The van der Waals surface area contributed by atoms with Crippen molar-refractivity contribution in [1.29, 1.82) is 0 Å². The lowest BCUT2D eigenvalue weighted by Gasteiger charge is -2.45. The average Bonchev–Trinajstić information content (AvgIpc) is 2.81. The highest BCUT2D eigenvalue weighted by Crippen LogP contribution is 2.43. The zero-order chi connectivity index (χ0) is 19.6. The number of carbonyl (C=O) groups excluding carboxylic acids is 2. The van der Waals surface area contributed by atoms with E-state index >= 15 is 0 Å². The summed E-state index contributed by atoms with van der Waals surface area (Å²) in [5.41, 5.74) is 0.544. The lowest BCUT2D eigenvalue weighted by Crippen LogP contribution is -2.61. The fourth-order valence-electron chi connectivity index (χ4n) is 4.55. The Kier molecular flexibility index (Phi) is 5.96. The number of fused-ring (bicyclic) bond motifs is 2. The van der Waals surface area contributed by atoms with E-state index in [-0.39, 0.29) is 17.5 Å². The Morgan fingerprint density at radius 1 is 1.33 bits per heavy atom. The second-order valence-electron chi connectivity index (χ2n) is 7.48. The molecule has 1 aromatic rings. The molecule has 0 saturated carbocycles. The van der Waals surface area contributed by atoms with Crippen LogP contribution in [0.3, 0.4) is 0 Å². The number of amides is 2. The Morgan fingerprint density at radius 2 is 2.11 bits per heavy atom. The molecule has 2 amide bonds. The van der Waals surface area contributed by atoms with E-state index in [1.54, 1.807) is 12.1 Å². The first-order valence-electron chi connectivity index (χ1n) is 9.64. The van der Waals surface area contributed by atoms with Crippen LogP contribution in [0.5, 0.6) is 5.75 Å². The summed E-state index contributed by atoms with van der Waals surface area (Å²) in [4.78, 5) is 27.0. The number of carbonyl (C=O) groups is 2. The van der Waals surface area contributed by atoms with Crippen LogP contribution in [0.2, 0.25) is 5.02 Å². The fraction of sp³-hybridized carbons (Fsp3) is 0.600. The van der Waals surface area contributed by atoms with Gasteiger partial charge in [-0.1, -0.05) is 18.5 Å². The number of rotatable bonds is 6. The number of piperidine rings is 1. The molecule has 148 valence electrons.